The van der Waals surface area contributed by atoms with E-state index >= 15 is 0 Å². The molecule has 0 aliphatic heterocycles. The molecule has 0 saturated carbocycles. The van der Waals surface area contributed by atoms with Crippen LogP contribution in [0.5, 0.6) is 0 Å². The van der Waals surface area contributed by atoms with Gasteiger partial charge in [0.2, 0.25) is 0 Å². The molecular formula is C16H11ClF3NO2S. The molecule has 1 heterocycles. The minimum atomic E-state index is -5.13. The van der Waals surface area contributed by atoms with Crippen LogP contribution in [-0.4, -0.2) is 24.0 Å². The SMILES string of the molecule is Cc1ccc(N=CC(C(=O)c2cccs2)C(=O)C(F)(F)F)cc1Cl. The molecular weight excluding hydrogens is 363 g/mol. The maximum atomic E-state index is 12.8. The largest absolute Gasteiger partial charge is 0.451 e. The molecule has 2 aromatic rings. The number of Topliss-reactive ketones (excluding diaryl/α,β-unsaturated/α-hetero) is 2. The molecule has 0 aliphatic rings. The van der Waals surface area contributed by atoms with Gasteiger partial charge in [-0.15, -0.1) is 11.3 Å². The fourth-order valence-corrected chi connectivity index (χ4v) is 2.70. The predicted molar refractivity (Wildman–Crippen MR) is 87.5 cm³/mol. The van der Waals surface area contributed by atoms with Crippen LogP contribution in [0.25, 0.3) is 0 Å². The van der Waals surface area contributed by atoms with Gasteiger partial charge in [0.1, 0.15) is 5.92 Å². The molecule has 1 unspecified atom stereocenters. The number of carbonyl (C=O) groups excluding carboxylic acids is 2. The second-order valence-corrected chi connectivity index (χ2v) is 6.25. The van der Waals surface area contributed by atoms with Crippen molar-refractivity contribution in [2.75, 3.05) is 0 Å². The molecule has 0 saturated heterocycles. The van der Waals surface area contributed by atoms with E-state index in [2.05, 4.69) is 4.99 Å². The standard InChI is InChI=1S/C16H11ClF3NO2S/c1-9-4-5-10(7-12(9)17)21-8-11(15(23)16(18,19)20)14(22)13-3-2-6-24-13/h2-8,11H,1H3. The predicted octanol–water partition coefficient (Wildman–Crippen LogP) is 5.04. The van der Waals surface area contributed by atoms with Gasteiger partial charge < -0.3 is 0 Å². The summed E-state index contributed by atoms with van der Waals surface area (Å²) in [5.41, 5.74) is 1.03. The Morgan fingerprint density at radius 2 is 2.00 bits per heavy atom. The summed E-state index contributed by atoms with van der Waals surface area (Å²) < 4.78 is 38.3. The van der Waals surface area contributed by atoms with E-state index in [1.54, 1.807) is 18.4 Å². The summed E-state index contributed by atoms with van der Waals surface area (Å²) in [6, 6.07) is 7.49. The van der Waals surface area contributed by atoms with Crippen molar-refractivity contribution < 1.29 is 22.8 Å². The van der Waals surface area contributed by atoms with Crippen LogP contribution in [0.1, 0.15) is 15.2 Å². The molecule has 0 amide bonds. The Morgan fingerprint density at radius 3 is 2.54 bits per heavy atom. The van der Waals surface area contributed by atoms with Gasteiger partial charge in [-0.05, 0) is 36.1 Å². The maximum absolute atomic E-state index is 12.8. The molecule has 0 aliphatic carbocycles. The summed E-state index contributed by atoms with van der Waals surface area (Å²) >= 11 is 6.88. The molecule has 3 nitrogen and oxygen atoms in total. The highest BCUT2D eigenvalue weighted by atomic mass is 35.5. The zero-order chi connectivity index (χ0) is 17.9. The van der Waals surface area contributed by atoms with Gasteiger partial charge >= 0.3 is 6.18 Å². The normalized spacial score (nSPS) is 13.2. The molecule has 0 fully saturated rings. The third-order valence-electron chi connectivity index (χ3n) is 3.14. The van der Waals surface area contributed by atoms with Crippen LogP contribution in [0.4, 0.5) is 18.9 Å². The zero-order valence-electron chi connectivity index (χ0n) is 12.3. The van der Waals surface area contributed by atoms with E-state index in [9.17, 15) is 22.8 Å². The number of halogens is 4. The maximum Gasteiger partial charge on any atom is 0.451 e. The number of carbonyl (C=O) groups is 2. The third-order valence-corrected chi connectivity index (χ3v) is 4.43. The number of nitrogens with zero attached hydrogens (tertiary/aromatic N) is 1. The van der Waals surface area contributed by atoms with Crippen LogP contribution in [-0.2, 0) is 4.79 Å². The quantitative estimate of drug-likeness (QED) is 0.418. The molecule has 8 heteroatoms. The van der Waals surface area contributed by atoms with Crippen LogP contribution in [0.15, 0.2) is 40.7 Å². The van der Waals surface area contributed by atoms with Gasteiger partial charge in [-0.3, -0.25) is 14.6 Å². The van der Waals surface area contributed by atoms with Crippen molar-refractivity contribution in [3.63, 3.8) is 0 Å². The van der Waals surface area contributed by atoms with Crippen molar-refractivity contribution in [2.24, 2.45) is 10.9 Å². The van der Waals surface area contributed by atoms with Crippen molar-refractivity contribution in [1.82, 2.24) is 0 Å². The van der Waals surface area contributed by atoms with Gasteiger partial charge in [-0.25, -0.2) is 0 Å². The molecule has 1 aromatic carbocycles. The minimum Gasteiger partial charge on any atom is -0.292 e. The third kappa shape index (κ3) is 4.30. The van der Waals surface area contributed by atoms with E-state index < -0.39 is 23.7 Å². The number of hydrogen-bond donors (Lipinski definition) is 0. The Kier molecular flexibility index (Phi) is 5.56. The van der Waals surface area contributed by atoms with E-state index in [-0.39, 0.29) is 10.6 Å². The number of thiophene rings is 1. The molecule has 24 heavy (non-hydrogen) atoms. The summed E-state index contributed by atoms with van der Waals surface area (Å²) in [5, 5.41) is 1.92. The van der Waals surface area contributed by atoms with Gasteiger partial charge in [-0.1, -0.05) is 23.7 Å². The van der Waals surface area contributed by atoms with Gasteiger partial charge in [0.15, 0.2) is 5.78 Å². The van der Waals surface area contributed by atoms with E-state index in [0.29, 0.717) is 5.02 Å². The summed E-state index contributed by atoms with van der Waals surface area (Å²) in [6.45, 7) is 1.76. The molecule has 0 spiro atoms. The van der Waals surface area contributed by atoms with E-state index in [1.165, 1.54) is 24.3 Å². The second-order valence-electron chi connectivity index (χ2n) is 4.89. The minimum absolute atomic E-state index is 0.0611. The van der Waals surface area contributed by atoms with Crippen LogP contribution >= 0.6 is 22.9 Å². The van der Waals surface area contributed by atoms with Gasteiger partial charge in [-0.2, -0.15) is 13.2 Å². The average Bonchev–Trinajstić information content (AvgIpc) is 3.04. The number of hydrogen-bond acceptors (Lipinski definition) is 4. The number of aliphatic imine (C=N–C) groups is 1. The lowest BCUT2D eigenvalue weighted by Gasteiger charge is -2.11. The first-order chi connectivity index (χ1) is 11.2. The van der Waals surface area contributed by atoms with Crippen molar-refractivity contribution in [3.8, 4) is 0 Å². The Balaban J connectivity index is 2.35. The fraction of sp³-hybridized carbons (Fsp3) is 0.188. The molecule has 0 radical (unpaired) electrons. The summed E-state index contributed by atoms with van der Waals surface area (Å²) in [5.74, 6) is -5.11. The highest BCUT2D eigenvalue weighted by Crippen LogP contribution is 2.26. The highest BCUT2D eigenvalue weighted by Gasteiger charge is 2.45. The number of benzene rings is 1. The monoisotopic (exact) mass is 373 g/mol. The number of aryl methyl sites for hydroxylation is 1. The van der Waals surface area contributed by atoms with E-state index in [1.807, 2.05) is 0 Å². The highest BCUT2D eigenvalue weighted by molar-refractivity contribution is 7.12. The van der Waals surface area contributed by atoms with E-state index in [4.69, 9.17) is 11.6 Å². The fourth-order valence-electron chi connectivity index (χ4n) is 1.83. The van der Waals surface area contributed by atoms with Gasteiger partial charge in [0.25, 0.3) is 5.78 Å². The summed E-state index contributed by atoms with van der Waals surface area (Å²) in [4.78, 5) is 27.7. The molecule has 0 N–H and O–H groups in total. The zero-order valence-corrected chi connectivity index (χ0v) is 13.9. The first-order valence-electron chi connectivity index (χ1n) is 6.69. The van der Waals surface area contributed by atoms with Crippen molar-refractivity contribution >= 4 is 46.4 Å². The van der Waals surface area contributed by atoms with Crippen LogP contribution in [0.3, 0.4) is 0 Å². The van der Waals surface area contributed by atoms with Crippen LogP contribution in [0, 0.1) is 12.8 Å². The Morgan fingerprint density at radius 1 is 1.29 bits per heavy atom. The molecule has 1 atom stereocenters. The van der Waals surface area contributed by atoms with E-state index in [0.717, 1.165) is 23.1 Å². The van der Waals surface area contributed by atoms with Crippen molar-refractivity contribution in [1.29, 1.82) is 0 Å². The lowest BCUT2D eigenvalue weighted by atomic mass is 9.98. The molecule has 2 rings (SSSR count). The molecule has 0 bridgehead atoms. The second kappa shape index (κ2) is 7.27. The average molecular weight is 374 g/mol. The van der Waals surface area contributed by atoms with Crippen LogP contribution < -0.4 is 0 Å². The smallest absolute Gasteiger partial charge is 0.292 e. The lowest BCUT2D eigenvalue weighted by Crippen LogP contribution is -2.36. The summed E-state index contributed by atoms with van der Waals surface area (Å²) in [7, 11) is 0. The Labute approximate surface area is 144 Å². The van der Waals surface area contributed by atoms with Gasteiger partial charge in [0, 0.05) is 11.2 Å². The Bertz CT molecular complexity index is 785. The summed E-state index contributed by atoms with van der Waals surface area (Å²) in [6.07, 6.45) is -4.41. The number of rotatable bonds is 5. The first-order valence-corrected chi connectivity index (χ1v) is 7.95. The lowest BCUT2D eigenvalue weighted by molar-refractivity contribution is -0.171. The van der Waals surface area contributed by atoms with Gasteiger partial charge in [0.05, 0.1) is 10.6 Å². The number of alkyl halides is 3. The number of ketones is 2. The molecule has 1 aromatic heterocycles. The topological polar surface area (TPSA) is 46.5 Å². The Hall–Kier alpha value is -1.99. The molecule has 126 valence electrons. The van der Waals surface area contributed by atoms with Crippen molar-refractivity contribution in [3.05, 3.63) is 51.2 Å². The van der Waals surface area contributed by atoms with Crippen LogP contribution in [0.2, 0.25) is 5.02 Å². The van der Waals surface area contributed by atoms with Crippen molar-refractivity contribution in [2.45, 2.75) is 13.1 Å². The first kappa shape index (κ1) is 18.4.